The second kappa shape index (κ2) is 3.38. The predicted molar refractivity (Wildman–Crippen MR) is 62.9 cm³/mol. The van der Waals surface area contributed by atoms with E-state index in [0.717, 1.165) is 16.5 Å². The van der Waals surface area contributed by atoms with Crippen LogP contribution in [0.25, 0.3) is 10.9 Å². The number of benzene rings is 1. The summed E-state index contributed by atoms with van der Waals surface area (Å²) in [5, 5.41) is 10.6. The summed E-state index contributed by atoms with van der Waals surface area (Å²) in [6.45, 7) is 6.58. The molecule has 2 N–H and O–H groups in total. The van der Waals surface area contributed by atoms with Gasteiger partial charge in [0.15, 0.2) is 0 Å². The molecule has 2 rings (SSSR count). The van der Waals surface area contributed by atoms with Crippen molar-refractivity contribution >= 4 is 10.9 Å². The fourth-order valence-corrected chi connectivity index (χ4v) is 2.06. The zero-order chi connectivity index (χ0) is 11.1. The first-order valence-electron chi connectivity index (χ1n) is 5.24. The monoisotopic (exact) mass is 203 g/mol. The molecule has 0 radical (unpaired) electrons. The van der Waals surface area contributed by atoms with Crippen molar-refractivity contribution in [3.8, 4) is 0 Å². The van der Waals surface area contributed by atoms with Crippen LogP contribution in [0.15, 0.2) is 24.4 Å². The lowest BCUT2D eigenvalue weighted by Gasteiger charge is -2.22. The topological polar surface area (TPSA) is 36.0 Å². The van der Waals surface area contributed by atoms with Gasteiger partial charge >= 0.3 is 0 Å². The Labute approximate surface area is 89.9 Å². The minimum Gasteiger partial charge on any atom is -0.392 e. The molecule has 0 unspecified atom stereocenters. The van der Waals surface area contributed by atoms with Crippen LogP contribution in [-0.4, -0.2) is 10.1 Å². The summed E-state index contributed by atoms with van der Waals surface area (Å²) in [6.07, 6.45) is 1.91. The van der Waals surface area contributed by atoms with E-state index in [0.29, 0.717) is 0 Å². The van der Waals surface area contributed by atoms with E-state index in [1.54, 1.807) is 0 Å². The van der Waals surface area contributed by atoms with Crippen molar-refractivity contribution in [1.29, 1.82) is 0 Å². The molecule has 15 heavy (non-hydrogen) atoms. The number of aromatic nitrogens is 1. The van der Waals surface area contributed by atoms with Crippen LogP contribution in [0.3, 0.4) is 0 Å². The van der Waals surface area contributed by atoms with E-state index in [-0.39, 0.29) is 12.0 Å². The summed E-state index contributed by atoms with van der Waals surface area (Å²) in [6, 6.07) is 6.24. The van der Waals surface area contributed by atoms with Gasteiger partial charge < -0.3 is 10.1 Å². The Morgan fingerprint density at radius 3 is 2.53 bits per heavy atom. The molecule has 0 atom stereocenters. The summed E-state index contributed by atoms with van der Waals surface area (Å²) >= 11 is 0. The Bertz CT molecular complexity index is 477. The van der Waals surface area contributed by atoms with Gasteiger partial charge in [0.05, 0.1) is 12.1 Å². The van der Waals surface area contributed by atoms with Gasteiger partial charge in [-0.2, -0.15) is 0 Å². The molecule has 0 amide bonds. The summed E-state index contributed by atoms with van der Waals surface area (Å²) in [5.41, 5.74) is 3.35. The SMILES string of the molecule is CC(C)(C)c1ccc2cc[nH]c2c1CO. The molecule has 0 saturated carbocycles. The molecule has 0 saturated heterocycles. The summed E-state index contributed by atoms with van der Waals surface area (Å²) in [5.74, 6) is 0. The highest BCUT2D eigenvalue weighted by molar-refractivity contribution is 5.84. The third kappa shape index (κ3) is 1.65. The fourth-order valence-electron chi connectivity index (χ4n) is 2.06. The van der Waals surface area contributed by atoms with E-state index in [4.69, 9.17) is 0 Å². The Morgan fingerprint density at radius 2 is 1.93 bits per heavy atom. The Morgan fingerprint density at radius 1 is 1.20 bits per heavy atom. The lowest BCUT2D eigenvalue weighted by atomic mass is 9.83. The number of hydrogen-bond donors (Lipinski definition) is 2. The molecule has 2 nitrogen and oxygen atoms in total. The van der Waals surface area contributed by atoms with E-state index in [9.17, 15) is 5.11 Å². The van der Waals surface area contributed by atoms with Crippen LogP contribution in [-0.2, 0) is 12.0 Å². The van der Waals surface area contributed by atoms with Crippen molar-refractivity contribution in [2.24, 2.45) is 0 Å². The van der Waals surface area contributed by atoms with Gasteiger partial charge in [-0.05, 0) is 22.4 Å². The van der Waals surface area contributed by atoms with Crippen molar-refractivity contribution in [3.05, 3.63) is 35.5 Å². The number of nitrogens with one attached hydrogen (secondary N) is 1. The summed E-state index contributed by atoms with van der Waals surface area (Å²) in [4.78, 5) is 3.19. The van der Waals surface area contributed by atoms with Crippen LogP contribution in [0.4, 0.5) is 0 Å². The van der Waals surface area contributed by atoms with Gasteiger partial charge in [-0.1, -0.05) is 32.9 Å². The van der Waals surface area contributed by atoms with Gasteiger partial charge in [0.25, 0.3) is 0 Å². The molecule has 0 bridgehead atoms. The maximum absolute atomic E-state index is 9.48. The normalized spacial score (nSPS) is 12.3. The highest BCUT2D eigenvalue weighted by Crippen LogP contribution is 2.30. The lowest BCUT2D eigenvalue weighted by molar-refractivity contribution is 0.280. The maximum atomic E-state index is 9.48. The van der Waals surface area contributed by atoms with Gasteiger partial charge in [0.1, 0.15) is 0 Å². The van der Waals surface area contributed by atoms with E-state index in [2.05, 4.69) is 37.9 Å². The van der Waals surface area contributed by atoms with Crippen molar-refractivity contribution in [3.63, 3.8) is 0 Å². The number of rotatable bonds is 1. The zero-order valence-corrected chi connectivity index (χ0v) is 9.46. The quantitative estimate of drug-likeness (QED) is 0.734. The molecule has 0 aliphatic carbocycles. The second-order valence-electron chi connectivity index (χ2n) is 4.94. The maximum Gasteiger partial charge on any atom is 0.0705 e. The molecular formula is C13H17NO. The fraction of sp³-hybridized carbons (Fsp3) is 0.385. The lowest BCUT2D eigenvalue weighted by Crippen LogP contribution is -2.14. The van der Waals surface area contributed by atoms with Gasteiger partial charge in [-0.25, -0.2) is 0 Å². The Kier molecular flexibility index (Phi) is 2.31. The molecule has 2 heteroatoms. The van der Waals surface area contributed by atoms with Crippen molar-refractivity contribution < 1.29 is 5.11 Å². The first-order valence-corrected chi connectivity index (χ1v) is 5.24. The number of fused-ring (bicyclic) bond motifs is 1. The minimum absolute atomic E-state index is 0.0668. The standard InChI is InChI=1S/C13H17NO/c1-13(2,3)11-5-4-9-6-7-14-12(9)10(11)8-15/h4-7,14-15H,8H2,1-3H3. The molecule has 0 aliphatic heterocycles. The van der Waals surface area contributed by atoms with E-state index in [1.807, 2.05) is 12.3 Å². The Hall–Kier alpha value is -1.28. The number of hydrogen-bond acceptors (Lipinski definition) is 1. The molecule has 80 valence electrons. The van der Waals surface area contributed by atoms with Gasteiger partial charge in [-0.3, -0.25) is 0 Å². The third-order valence-corrected chi connectivity index (χ3v) is 2.80. The van der Waals surface area contributed by atoms with Crippen LogP contribution < -0.4 is 0 Å². The first kappa shape index (κ1) is 10.2. The number of aliphatic hydroxyl groups excluding tert-OH is 1. The summed E-state index contributed by atoms with van der Waals surface area (Å²) in [7, 11) is 0. The van der Waals surface area contributed by atoms with Crippen LogP contribution in [0.1, 0.15) is 31.9 Å². The predicted octanol–water partition coefficient (Wildman–Crippen LogP) is 2.96. The highest BCUT2D eigenvalue weighted by Gasteiger charge is 2.19. The molecule has 0 fully saturated rings. The van der Waals surface area contributed by atoms with E-state index >= 15 is 0 Å². The van der Waals surface area contributed by atoms with E-state index < -0.39 is 0 Å². The highest BCUT2D eigenvalue weighted by atomic mass is 16.3. The number of aromatic amines is 1. The number of aliphatic hydroxyl groups is 1. The zero-order valence-electron chi connectivity index (χ0n) is 9.46. The largest absolute Gasteiger partial charge is 0.392 e. The average Bonchev–Trinajstić information content (AvgIpc) is 2.61. The molecule has 0 aliphatic rings. The molecular weight excluding hydrogens is 186 g/mol. The van der Waals surface area contributed by atoms with Crippen LogP contribution in [0, 0.1) is 0 Å². The van der Waals surface area contributed by atoms with Crippen LogP contribution in [0.2, 0.25) is 0 Å². The molecule has 0 spiro atoms. The van der Waals surface area contributed by atoms with E-state index in [1.165, 1.54) is 5.56 Å². The molecule has 2 aromatic rings. The third-order valence-electron chi connectivity index (χ3n) is 2.80. The molecule has 1 heterocycles. The van der Waals surface area contributed by atoms with Gasteiger partial charge in [0, 0.05) is 11.8 Å². The minimum atomic E-state index is 0.0668. The van der Waals surface area contributed by atoms with Crippen molar-refractivity contribution in [1.82, 2.24) is 4.98 Å². The van der Waals surface area contributed by atoms with Crippen LogP contribution in [0.5, 0.6) is 0 Å². The van der Waals surface area contributed by atoms with Gasteiger partial charge in [0.2, 0.25) is 0 Å². The molecule has 1 aromatic heterocycles. The van der Waals surface area contributed by atoms with Crippen LogP contribution >= 0.6 is 0 Å². The average molecular weight is 203 g/mol. The summed E-state index contributed by atoms with van der Waals surface area (Å²) < 4.78 is 0. The van der Waals surface area contributed by atoms with Gasteiger partial charge in [-0.15, -0.1) is 0 Å². The second-order valence-corrected chi connectivity index (χ2v) is 4.94. The molecule has 1 aromatic carbocycles. The first-order chi connectivity index (χ1) is 7.04. The van der Waals surface area contributed by atoms with Crippen molar-refractivity contribution in [2.45, 2.75) is 32.8 Å². The van der Waals surface area contributed by atoms with Crippen molar-refractivity contribution in [2.75, 3.05) is 0 Å². The Balaban J connectivity index is 2.75. The smallest absolute Gasteiger partial charge is 0.0705 e. The number of H-pyrrole nitrogens is 1.